The smallest absolute Gasteiger partial charge is 0.322 e. The number of hydrogen-bond donors (Lipinski definition) is 2. The maximum Gasteiger partial charge on any atom is 0.322 e. The zero-order chi connectivity index (χ0) is 14.6. The third kappa shape index (κ3) is 4.62. The van der Waals surface area contributed by atoms with Crippen LogP contribution in [0.3, 0.4) is 0 Å². The summed E-state index contributed by atoms with van der Waals surface area (Å²) in [6.07, 6.45) is -0.125. The summed E-state index contributed by atoms with van der Waals surface area (Å²) in [6.45, 7) is 5.34. The van der Waals surface area contributed by atoms with Crippen molar-refractivity contribution in [1.29, 1.82) is 0 Å². The maximum absolute atomic E-state index is 12.0. The Morgan fingerprint density at radius 1 is 1.26 bits per heavy atom. The highest BCUT2D eigenvalue weighted by Gasteiger charge is 2.25. The van der Waals surface area contributed by atoms with E-state index in [1.54, 1.807) is 20.9 Å². The number of hydrogen-bond acceptors (Lipinski definition) is 2. The van der Waals surface area contributed by atoms with Gasteiger partial charge in [0.05, 0.1) is 6.42 Å². The van der Waals surface area contributed by atoms with E-state index in [0.717, 1.165) is 11.3 Å². The molecule has 0 heterocycles. The van der Waals surface area contributed by atoms with Crippen molar-refractivity contribution in [3.05, 3.63) is 29.8 Å². The average molecular weight is 264 g/mol. The van der Waals surface area contributed by atoms with E-state index in [1.165, 1.54) is 4.90 Å². The molecule has 0 fully saturated rings. The van der Waals surface area contributed by atoms with E-state index in [-0.39, 0.29) is 12.5 Å². The third-order valence-electron chi connectivity index (χ3n) is 2.76. The molecule has 0 aromatic heterocycles. The van der Waals surface area contributed by atoms with Crippen LogP contribution < -0.4 is 10.2 Å². The molecule has 0 saturated heterocycles. The Morgan fingerprint density at radius 2 is 1.79 bits per heavy atom. The molecule has 5 nitrogen and oxygen atoms in total. The zero-order valence-corrected chi connectivity index (χ0v) is 11.7. The van der Waals surface area contributed by atoms with Crippen molar-refractivity contribution in [3.8, 4) is 0 Å². The zero-order valence-electron chi connectivity index (χ0n) is 11.7. The molecule has 0 radical (unpaired) electrons. The summed E-state index contributed by atoms with van der Waals surface area (Å²) < 4.78 is 0. The number of benzene rings is 1. The molecule has 0 aliphatic heterocycles. The van der Waals surface area contributed by atoms with Crippen molar-refractivity contribution >= 4 is 17.7 Å². The van der Waals surface area contributed by atoms with Gasteiger partial charge in [0.1, 0.15) is 0 Å². The van der Waals surface area contributed by atoms with Gasteiger partial charge in [0.25, 0.3) is 0 Å². The molecule has 5 heteroatoms. The minimum absolute atomic E-state index is 0.125. The van der Waals surface area contributed by atoms with Crippen LogP contribution in [0.1, 0.15) is 25.8 Å². The van der Waals surface area contributed by atoms with Crippen LogP contribution in [0.25, 0.3) is 0 Å². The Bertz CT molecular complexity index is 466. The van der Waals surface area contributed by atoms with Crippen molar-refractivity contribution in [2.45, 2.75) is 32.7 Å². The van der Waals surface area contributed by atoms with Gasteiger partial charge in [0, 0.05) is 18.3 Å². The van der Waals surface area contributed by atoms with Gasteiger partial charge in [-0.1, -0.05) is 17.7 Å². The number of anilines is 1. The van der Waals surface area contributed by atoms with Crippen LogP contribution in [0, 0.1) is 6.92 Å². The second-order valence-corrected chi connectivity index (χ2v) is 5.28. The van der Waals surface area contributed by atoms with Crippen molar-refractivity contribution < 1.29 is 14.7 Å². The van der Waals surface area contributed by atoms with Crippen LogP contribution in [-0.2, 0) is 4.79 Å². The fourth-order valence-electron chi connectivity index (χ4n) is 1.68. The van der Waals surface area contributed by atoms with Gasteiger partial charge in [0.15, 0.2) is 0 Å². The van der Waals surface area contributed by atoms with E-state index >= 15 is 0 Å². The number of urea groups is 1. The second-order valence-electron chi connectivity index (χ2n) is 5.28. The van der Waals surface area contributed by atoms with Crippen LogP contribution in [0.15, 0.2) is 24.3 Å². The number of carboxylic acids is 1. The van der Waals surface area contributed by atoms with Gasteiger partial charge in [-0.25, -0.2) is 4.79 Å². The number of amides is 2. The van der Waals surface area contributed by atoms with Gasteiger partial charge in [-0.15, -0.1) is 0 Å². The van der Waals surface area contributed by atoms with Gasteiger partial charge in [0.2, 0.25) is 0 Å². The van der Waals surface area contributed by atoms with Crippen LogP contribution in [0.2, 0.25) is 0 Å². The van der Waals surface area contributed by atoms with Gasteiger partial charge < -0.3 is 10.4 Å². The summed E-state index contributed by atoms with van der Waals surface area (Å²) in [7, 11) is 1.65. The van der Waals surface area contributed by atoms with Gasteiger partial charge in [-0.3, -0.25) is 9.69 Å². The fourth-order valence-corrected chi connectivity index (χ4v) is 1.68. The predicted octanol–water partition coefficient (Wildman–Crippen LogP) is 2.39. The molecule has 0 atom stereocenters. The molecule has 0 spiro atoms. The van der Waals surface area contributed by atoms with Gasteiger partial charge in [-0.05, 0) is 32.9 Å². The molecule has 1 aromatic carbocycles. The van der Waals surface area contributed by atoms with Crippen LogP contribution >= 0.6 is 0 Å². The summed E-state index contributed by atoms with van der Waals surface area (Å²) in [4.78, 5) is 24.2. The molecular formula is C14H20N2O3. The Kier molecular flexibility index (Phi) is 4.53. The summed E-state index contributed by atoms with van der Waals surface area (Å²) >= 11 is 0. The first-order chi connectivity index (χ1) is 8.71. The standard InChI is InChI=1S/C14H20N2O3/c1-10-5-7-11(8-6-10)16(4)13(19)15-14(2,3)9-12(17)18/h5-8H,9H2,1-4H3,(H,15,19)(H,17,18). The molecule has 0 bridgehead atoms. The van der Waals surface area contributed by atoms with E-state index in [9.17, 15) is 9.59 Å². The molecular weight excluding hydrogens is 244 g/mol. The molecule has 0 aliphatic rings. The first kappa shape index (κ1) is 15.0. The molecule has 19 heavy (non-hydrogen) atoms. The number of nitrogens with one attached hydrogen (secondary N) is 1. The third-order valence-corrected chi connectivity index (χ3v) is 2.76. The number of carboxylic acid groups (broad SMARTS) is 1. The van der Waals surface area contributed by atoms with Crippen LogP contribution in [0.5, 0.6) is 0 Å². The highest BCUT2D eigenvalue weighted by molar-refractivity contribution is 5.92. The quantitative estimate of drug-likeness (QED) is 0.877. The second kappa shape index (κ2) is 5.73. The van der Waals surface area contributed by atoms with Crippen LogP contribution in [0.4, 0.5) is 10.5 Å². The molecule has 1 rings (SSSR count). The van der Waals surface area contributed by atoms with E-state index < -0.39 is 11.5 Å². The fraction of sp³-hybridized carbons (Fsp3) is 0.429. The summed E-state index contributed by atoms with van der Waals surface area (Å²) in [5.41, 5.74) is 1.08. The van der Waals surface area contributed by atoms with Crippen molar-refractivity contribution in [3.63, 3.8) is 0 Å². The average Bonchev–Trinajstić information content (AvgIpc) is 2.26. The first-order valence-electron chi connectivity index (χ1n) is 6.05. The largest absolute Gasteiger partial charge is 0.481 e. The van der Waals surface area contributed by atoms with Gasteiger partial charge in [-0.2, -0.15) is 0 Å². The van der Waals surface area contributed by atoms with Crippen molar-refractivity contribution in [1.82, 2.24) is 5.32 Å². The lowest BCUT2D eigenvalue weighted by Crippen LogP contribution is -2.50. The van der Waals surface area contributed by atoms with Crippen molar-refractivity contribution in [2.75, 3.05) is 11.9 Å². The normalized spacial score (nSPS) is 10.9. The number of carbonyl (C=O) groups is 2. The monoisotopic (exact) mass is 264 g/mol. The minimum atomic E-state index is -0.941. The van der Waals surface area contributed by atoms with E-state index in [2.05, 4.69) is 5.32 Å². The lowest BCUT2D eigenvalue weighted by atomic mass is 10.0. The predicted molar refractivity (Wildman–Crippen MR) is 74.4 cm³/mol. The summed E-state index contributed by atoms with van der Waals surface area (Å²) in [5.74, 6) is -0.941. The number of aryl methyl sites for hydroxylation is 1. The first-order valence-corrected chi connectivity index (χ1v) is 6.05. The molecule has 0 saturated carbocycles. The number of rotatable bonds is 4. The maximum atomic E-state index is 12.0. The Morgan fingerprint density at radius 3 is 2.26 bits per heavy atom. The Balaban J connectivity index is 2.72. The number of carbonyl (C=O) groups excluding carboxylic acids is 1. The van der Waals surface area contributed by atoms with Crippen LogP contribution in [-0.4, -0.2) is 29.7 Å². The molecule has 104 valence electrons. The lowest BCUT2D eigenvalue weighted by molar-refractivity contribution is -0.138. The van der Waals surface area contributed by atoms with Gasteiger partial charge >= 0.3 is 12.0 Å². The summed E-state index contributed by atoms with van der Waals surface area (Å²) in [5, 5.41) is 11.5. The molecule has 2 amide bonds. The lowest BCUT2D eigenvalue weighted by Gasteiger charge is -2.28. The molecule has 1 aromatic rings. The Labute approximate surface area is 113 Å². The molecule has 0 unspecified atom stereocenters. The van der Waals surface area contributed by atoms with E-state index in [1.807, 2.05) is 31.2 Å². The van der Waals surface area contributed by atoms with E-state index in [0.29, 0.717) is 0 Å². The minimum Gasteiger partial charge on any atom is -0.481 e. The Hall–Kier alpha value is -2.04. The van der Waals surface area contributed by atoms with Crippen molar-refractivity contribution in [2.24, 2.45) is 0 Å². The van der Waals surface area contributed by atoms with E-state index in [4.69, 9.17) is 5.11 Å². The SMILES string of the molecule is Cc1ccc(N(C)C(=O)NC(C)(C)CC(=O)O)cc1. The summed E-state index contributed by atoms with van der Waals surface area (Å²) in [6, 6.07) is 7.21. The highest BCUT2D eigenvalue weighted by atomic mass is 16.4. The molecule has 2 N–H and O–H groups in total. The molecule has 0 aliphatic carbocycles. The number of nitrogens with zero attached hydrogens (tertiary/aromatic N) is 1. The topological polar surface area (TPSA) is 69.6 Å². The number of aliphatic carboxylic acids is 1. The highest BCUT2D eigenvalue weighted by Crippen LogP contribution is 2.15.